The lowest BCUT2D eigenvalue weighted by molar-refractivity contribution is 0.0633. The summed E-state index contributed by atoms with van der Waals surface area (Å²) < 4.78 is 5.73. The first-order chi connectivity index (χ1) is 11.3. The first-order valence-electron chi connectivity index (χ1n) is 10.4. The largest absolute Gasteiger partial charge is 0.412 e. The molecule has 0 bridgehead atoms. The van der Waals surface area contributed by atoms with Gasteiger partial charge in [-0.1, -0.05) is 72.6 Å². The molecule has 4 heteroatoms. The Morgan fingerprint density at radius 3 is 1.64 bits per heavy atom. The minimum Gasteiger partial charge on any atom is -0.412 e. The van der Waals surface area contributed by atoms with Crippen LogP contribution in [0.3, 0.4) is 0 Å². The van der Waals surface area contributed by atoms with Gasteiger partial charge < -0.3 is 20.8 Å². The predicted octanol–water partition coefficient (Wildman–Crippen LogP) is 4.57. The van der Waals surface area contributed by atoms with E-state index < -0.39 is 0 Å². The quantitative estimate of drug-likeness (QED) is 0.748. The van der Waals surface area contributed by atoms with Crippen molar-refractivity contribution in [3.05, 3.63) is 0 Å². The number of ether oxygens (including phenoxy) is 1. The molecule has 4 nitrogen and oxygen atoms in total. The average molecular weight is 365 g/mol. The molecule has 2 saturated carbocycles. The van der Waals surface area contributed by atoms with Gasteiger partial charge in [-0.15, -0.1) is 0 Å². The fraction of sp³-hybridized carbons (Fsp3) is 1.00. The highest BCUT2D eigenvalue weighted by Gasteiger charge is 2.13. The van der Waals surface area contributed by atoms with E-state index >= 15 is 0 Å². The second-order valence-electron chi connectivity index (χ2n) is 7.24. The zero-order chi connectivity index (χ0) is 17.3. The highest BCUT2D eigenvalue weighted by atomic mass is 16.5. The zero-order valence-electron chi connectivity index (χ0n) is 17.5. The minimum absolute atomic E-state index is 0. The Morgan fingerprint density at radius 1 is 0.840 bits per heavy atom. The summed E-state index contributed by atoms with van der Waals surface area (Å²) in [6.07, 6.45) is 14.9. The van der Waals surface area contributed by atoms with E-state index in [0.717, 1.165) is 25.0 Å². The molecule has 2 fully saturated rings. The van der Waals surface area contributed by atoms with E-state index in [9.17, 15) is 0 Å². The minimum atomic E-state index is 0. The molecule has 5 N–H and O–H groups in total. The SMILES string of the molecule is CC.CCC(C)COCC1CCCCC1.O.O.OCC1CCCCC1. The van der Waals surface area contributed by atoms with Crippen molar-refractivity contribution in [2.75, 3.05) is 19.8 Å². The van der Waals surface area contributed by atoms with E-state index in [1.54, 1.807) is 0 Å². The topological polar surface area (TPSA) is 92.5 Å². The summed E-state index contributed by atoms with van der Waals surface area (Å²) in [4.78, 5) is 0. The molecule has 0 aromatic heterocycles. The van der Waals surface area contributed by atoms with Gasteiger partial charge in [0.25, 0.3) is 0 Å². The summed E-state index contributed by atoms with van der Waals surface area (Å²) in [5, 5.41) is 8.69. The third kappa shape index (κ3) is 17.0. The van der Waals surface area contributed by atoms with Gasteiger partial charge in [0.15, 0.2) is 0 Å². The summed E-state index contributed by atoms with van der Waals surface area (Å²) in [7, 11) is 0. The van der Waals surface area contributed by atoms with Gasteiger partial charge >= 0.3 is 0 Å². The van der Waals surface area contributed by atoms with Gasteiger partial charge in [-0.25, -0.2) is 0 Å². The zero-order valence-corrected chi connectivity index (χ0v) is 17.5. The Hall–Kier alpha value is -0.160. The van der Waals surface area contributed by atoms with E-state index in [1.807, 2.05) is 13.8 Å². The van der Waals surface area contributed by atoms with Gasteiger partial charge in [0.1, 0.15) is 0 Å². The summed E-state index contributed by atoms with van der Waals surface area (Å²) in [6, 6.07) is 0. The molecular formula is C21H48O4. The lowest BCUT2D eigenvalue weighted by atomic mass is 9.90. The fourth-order valence-electron chi connectivity index (χ4n) is 3.28. The monoisotopic (exact) mass is 364 g/mol. The van der Waals surface area contributed by atoms with Gasteiger partial charge in [-0.3, -0.25) is 0 Å². The Labute approximate surface area is 157 Å². The number of rotatable bonds is 6. The molecule has 2 aliphatic rings. The van der Waals surface area contributed by atoms with Gasteiger partial charge in [-0.05, 0) is 43.4 Å². The van der Waals surface area contributed by atoms with Crippen LogP contribution in [0, 0.1) is 17.8 Å². The first-order valence-corrected chi connectivity index (χ1v) is 10.4. The third-order valence-electron chi connectivity index (χ3n) is 5.16. The van der Waals surface area contributed by atoms with Crippen molar-refractivity contribution >= 4 is 0 Å². The van der Waals surface area contributed by atoms with Crippen LogP contribution >= 0.6 is 0 Å². The molecule has 0 aliphatic heterocycles. The Balaban J connectivity index is -0.000000351. The molecular weight excluding hydrogens is 316 g/mol. The summed E-state index contributed by atoms with van der Waals surface area (Å²) in [5.41, 5.74) is 0. The second kappa shape index (κ2) is 21.9. The molecule has 0 heterocycles. The maximum Gasteiger partial charge on any atom is 0.0494 e. The highest BCUT2D eigenvalue weighted by molar-refractivity contribution is 4.65. The summed E-state index contributed by atoms with van der Waals surface area (Å²) >= 11 is 0. The Kier molecular flexibility index (Phi) is 25.9. The maximum atomic E-state index is 8.69. The molecule has 0 radical (unpaired) electrons. The van der Waals surface area contributed by atoms with Gasteiger partial charge in [0, 0.05) is 19.8 Å². The summed E-state index contributed by atoms with van der Waals surface area (Å²) in [5.74, 6) is 2.25. The normalized spacial score (nSPS) is 19.1. The van der Waals surface area contributed by atoms with Crippen molar-refractivity contribution in [2.24, 2.45) is 17.8 Å². The standard InChI is InChI=1S/C12H24O.C7H14O.C2H6.2H2O/c1-3-11(2)9-13-10-12-7-5-4-6-8-12;8-6-7-4-2-1-3-5-7;1-2;;/h11-12H,3-10H2,1-2H3;7-8H,1-6H2;1-2H3;2*1H2. The Morgan fingerprint density at radius 2 is 1.28 bits per heavy atom. The van der Waals surface area contributed by atoms with E-state index in [1.165, 1.54) is 70.6 Å². The molecule has 0 spiro atoms. The fourth-order valence-corrected chi connectivity index (χ4v) is 3.28. The third-order valence-corrected chi connectivity index (χ3v) is 5.16. The summed E-state index contributed by atoms with van der Waals surface area (Å²) in [6.45, 7) is 10.9. The molecule has 2 aliphatic carbocycles. The van der Waals surface area contributed by atoms with Crippen LogP contribution in [0.4, 0.5) is 0 Å². The van der Waals surface area contributed by atoms with E-state index in [-0.39, 0.29) is 11.0 Å². The molecule has 2 rings (SSSR count). The van der Waals surface area contributed by atoms with Crippen molar-refractivity contribution in [3.8, 4) is 0 Å². The molecule has 25 heavy (non-hydrogen) atoms. The maximum absolute atomic E-state index is 8.69. The molecule has 0 aromatic rings. The van der Waals surface area contributed by atoms with Crippen LogP contribution in [0.1, 0.15) is 98.3 Å². The van der Waals surface area contributed by atoms with Crippen LogP contribution in [0.15, 0.2) is 0 Å². The van der Waals surface area contributed by atoms with Crippen LogP contribution in [-0.2, 0) is 4.74 Å². The molecule has 0 amide bonds. The first kappa shape index (κ1) is 29.6. The average Bonchev–Trinajstić information content (AvgIpc) is 2.65. The van der Waals surface area contributed by atoms with Crippen LogP contribution in [0.2, 0.25) is 0 Å². The molecule has 0 saturated heterocycles. The van der Waals surface area contributed by atoms with E-state index in [0.29, 0.717) is 12.5 Å². The smallest absolute Gasteiger partial charge is 0.0494 e. The van der Waals surface area contributed by atoms with Gasteiger partial charge in [0.2, 0.25) is 0 Å². The van der Waals surface area contributed by atoms with Crippen molar-refractivity contribution in [1.29, 1.82) is 0 Å². The van der Waals surface area contributed by atoms with Crippen molar-refractivity contribution in [1.82, 2.24) is 0 Å². The van der Waals surface area contributed by atoms with E-state index in [4.69, 9.17) is 9.84 Å². The number of hydrogen-bond acceptors (Lipinski definition) is 2. The Bertz CT molecular complexity index is 224. The predicted molar refractivity (Wildman–Crippen MR) is 109 cm³/mol. The number of hydrogen-bond donors (Lipinski definition) is 1. The van der Waals surface area contributed by atoms with Crippen molar-refractivity contribution < 1.29 is 20.8 Å². The molecule has 156 valence electrons. The lowest BCUT2D eigenvalue weighted by Gasteiger charge is -2.22. The number of aliphatic hydroxyl groups excluding tert-OH is 1. The van der Waals surface area contributed by atoms with Crippen LogP contribution < -0.4 is 0 Å². The number of aliphatic hydroxyl groups is 1. The van der Waals surface area contributed by atoms with Gasteiger partial charge in [-0.2, -0.15) is 0 Å². The second-order valence-corrected chi connectivity index (χ2v) is 7.24. The highest BCUT2D eigenvalue weighted by Crippen LogP contribution is 2.24. The van der Waals surface area contributed by atoms with Crippen LogP contribution in [0.25, 0.3) is 0 Å². The van der Waals surface area contributed by atoms with Gasteiger partial charge in [0.05, 0.1) is 0 Å². The molecule has 1 atom stereocenters. The molecule has 0 aromatic carbocycles. The lowest BCUT2D eigenvalue weighted by Crippen LogP contribution is -2.15. The van der Waals surface area contributed by atoms with Crippen molar-refractivity contribution in [3.63, 3.8) is 0 Å². The van der Waals surface area contributed by atoms with Crippen LogP contribution in [-0.4, -0.2) is 35.9 Å². The molecule has 1 unspecified atom stereocenters. The van der Waals surface area contributed by atoms with Crippen LogP contribution in [0.5, 0.6) is 0 Å². The van der Waals surface area contributed by atoms with E-state index in [2.05, 4.69) is 13.8 Å². The van der Waals surface area contributed by atoms with Crippen molar-refractivity contribution in [2.45, 2.75) is 98.3 Å².